The Labute approximate surface area is 167 Å². The summed E-state index contributed by atoms with van der Waals surface area (Å²) in [5, 5.41) is 7.27. The van der Waals surface area contributed by atoms with Gasteiger partial charge in [0.25, 0.3) is 5.91 Å². The predicted molar refractivity (Wildman–Crippen MR) is 113 cm³/mol. The number of nitrogens with zero attached hydrogens (tertiary/aromatic N) is 3. The Balaban J connectivity index is 1.55. The van der Waals surface area contributed by atoms with Gasteiger partial charge in [-0.2, -0.15) is 5.10 Å². The number of rotatable bonds is 8. The van der Waals surface area contributed by atoms with Crippen LogP contribution in [-0.2, 0) is 13.1 Å². The maximum absolute atomic E-state index is 12.4. The lowest BCUT2D eigenvalue weighted by molar-refractivity contribution is 0.0951. The van der Waals surface area contributed by atoms with Crippen LogP contribution in [0.2, 0.25) is 0 Å². The van der Waals surface area contributed by atoms with E-state index in [9.17, 15) is 4.79 Å². The first kappa shape index (κ1) is 19.8. The molecule has 0 fully saturated rings. The number of aryl methyl sites for hydroxylation is 1. The Hall–Kier alpha value is -2.92. The Bertz CT molecular complexity index is 893. The van der Waals surface area contributed by atoms with Gasteiger partial charge in [0.05, 0.1) is 11.9 Å². The van der Waals surface area contributed by atoms with Gasteiger partial charge in [-0.05, 0) is 61.0 Å². The fraction of sp³-hybridized carbons (Fsp3) is 0.304. The molecule has 5 nitrogen and oxygen atoms in total. The Morgan fingerprint density at radius 3 is 2.21 bits per heavy atom. The summed E-state index contributed by atoms with van der Waals surface area (Å²) >= 11 is 0. The number of hydrogen-bond donors (Lipinski definition) is 1. The summed E-state index contributed by atoms with van der Waals surface area (Å²) in [6, 6.07) is 15.9. The van der Waals surface area contributed by atoms with E-state index in [1.807, 2.05) is 43.6 Å². The van der Waals surface area contributed by atoms with Gasteiger partial charge in [-0.1, -0.05) is 38.1 Å². The van der Waals surface area contributed by atoms with Crippen LogP contribution in [0.15, 0.2) is 60.9 Å². The van der Waals surface area contributed by atoms with E-state index in [2.05, 4.69) is 53.4 Å². The highest BCUT2D eigenvalue weighted by Crippen LogP contribution is 2.11. The molecule has 1 N–H and O–H groups in total. The molecule has 3 rings (SSSR count). The minimum atomic E-state index is -0.0737. The number of carbonyl (C=O) groups excluding carboxylic acids is 1. The zero-order valence-electron chi connectivity index (χ0n) is 16.9. The third kappa shape index (κ3) is 5.08. The summed E-state index contributed by atoms with van der Waals surface area (Å²) in [6.45, 7) is 9.93. The zero-order valence-corrected chi connectivity index (χ0v) is 16.9. The van der Waals surface area contributed by atoms with E-state index in [-0.39, 0.29) is 5.91 Å². The summed E-state index contributed by atoms with van der Waals surface area (Å²) in [5.41, 5.74) is 5.08. The third-order valence-electron chi connectivity index (χ3n) is 4.88. The van der Waals surface area contributed by atoms with Gasteiger partial charge in [-0.15, -0.1) is 0 Å². The van der Waals surface area contributed by atoms with Crippen LogP contribution in [-0.4, -0.2) is 33.7 Å². The Morgan fingerprint density at radius 1 is 1.00 bits per heavy atom. The molecule has 0 unspecified atom stereocenters. The average Bonchev–Trinajstić information content (AvgIpc) is 3.17. The van der Waals surface area contributed by atoms with Crippen molar-refractivity contribution in [1.82, 2.24) is 20.0 Å². The van der Waals surface area contributed by atoms with E-state index >= 15 is 0 Å². The molecule has 1 heterocycles. The first-order chi connectivity index (χ1) is 13.6. The summed E-state index contributed by atoms with van der Waals surface area (Å²) in [4.78, 5) is 14.8. The lowest BCUT2D eigenvalue weighted by Crippen LogP contribution is -2.23. The molecule has 0 atom stereocenters. The van der Waals surface area contributed by atoms with E-state index in [1.54, 1.807) is 4.68 Å². The molecular weight excluding hydrogens is 348 g/mol. The maximum Gasteiger partial charge on any atom is 0.251 e. The highest BCUT2D eigenvalue weighted by Gasteiger charge is 2.07. The van der Waals surface area contributed by atoms with E-state index in [1.165, 1.54) is 5.56 Å². The van der Waals surface area contributed by atoms with Crippen LogP contribution in [0.25, 0.3) is 5.69 Å². The second-order valence-corrected chi connectivity index (χ2v) is 6.97. The summed E-state index contributed by atoms with van der Waals surface area (Å²) in [5.74, 6) is -0.0737. The molecule has 0 aliphatic carbocycles. The molecule has 5 heteroatoms. The number of aromatic nitrogens is 2. The first-order valence-corrected chi connectivity index (χ1v) is 9.79. The van der Waals surface area contributed by atoms with Crippen LogP contribution in [0, 0.1) is 6.92 Å². The highest BCUT2D eigenvalue weighted by molar-refractivity contribution is 5.94. The number of carbonyl (C=O) groups is 1. The minimum Gasteiger partial charge on any atom is -0.348 e. The molecule has 0 saturated heterocycles. The number of hydrogen-bond acceptors (Lipinski definition) is 3. The van der Waals surface area contributed by atoms with Gasteiger partial charge in [-0.3, -0.25) is 9.69 Å². The van der Waals surface area contributed by atoms with E-state index in [0.29, 0.717) is 12.1 Å². The summed E-state index contributed by atoms with van der Waals surface area (Å²) in [6.07, 6.45) is 3.77. The predicted octanol–water partition coefficient (Wildman–Crippen LogP) is 3.95. The van der Waals surface area contributed by atoms with Gasteiger partial charge < -0.3 is 5.32 Å². The van der Waals surface area contributed by atoms with Crippen molar-refractivity contribution in [2.75, 3.05) is 13.1 Å². The zero-order chi connectivity index (χ0) is 19.9. The molecule has 0 radical (unpaired) electrons. The monoisotopic (exact) mass is 376 g/mol. The highest BCUT2D eigenvalue weighted by atomic mass is 16.1. The molecular formula is C23H28N4O. The second kappa shape index (κ2) is 9.33. The van der Waals surface area contributed by atoms with Gasteiger partial charge in [0.1, 0.15) is 0 Å². The Kier molecular flexibility index (Phi) is 6.61. The smallest absolute Gasteiger partial charge is 0.251 e. The lowest BCUT2D eigenvalue weighted by Gasteiger charge is -2.18. The van der Waals surface area contributed by atoms with Gasteiger partial charge >= 0.3 is 0 Å². The Morgan fingerprint density at radius 2 is 1.64 bits per heavy atom. The van der Waals surface area contributed by atoms with Crippen molar-refractivity contribution in [3.05, 3.63) is 83.2 Å². The molecule has 146 valence electrons. The van der Waals surface area contributed by atoms with Crippen molar-refractivity contribution in [2.24, 2.45) is 0 Å². The van der Waals surface area contributed by atoms with Crippen molar-refractivity contribution >= 4 is 5.91 Å². The molecule has 0 aliphatic heterocycles. The van der Waals surface area contributed by atoms with Gasteiger partial charge in [0.2, 0.25) is 0 Å². The van der Waals surface area contributed by atoms with Crippen LogP contribution in [0.5, 0.6) is 0 Å². The molecule has 1 aromatic heterocycles. The van der Waals surface area contributed by atoms with Crippen LogP contribution in [0.1, 0.15) is 40.9 Å². The van der Waals surface area contributed by atoms with Crippen molar-refractivity contribution in [3.8, 4) is 5.69 Å². The van der Waals surface area contributed by atoms with Crippen LogP contribution >= 0.6 is 0 Å². The molecule has 0 aliphatic rings. The summed E-state index contributed by atoms with van der Waals surface area (Å²) in [7, 11) is 0. The van der Waals surface area contributed by atoms with Crippen molar-refractivity contribution in [1.29, 1.82) is 0 Å². The summed E-state index contributed by atoms with van der Waals surface area (Å²) < 4.78 is 1.80. The molecule has 28 heavy (non-hydrogen) atoms. The van der Waals surface area contributed by atoms with Crippen molar-refractivity contribution in [3.63, 3.8) is 0 Å². The standard InChI is InChI=1S/C23H28N4O/c1-4-26(5-2)17-20-8-6-19(7-9-20)15-24-23(28)21-10-12-22(13-11-21)27-16-18(3)14-25-27/h6-14,16H,4-5,15,17H2,1-3H3,(H,24,28). The average molecular weight is 377 g/mol. The minimum absolute atomic E-state index is 0.0737. The van der Waals surface area contributed by atoms with Gasteiger partial charge in [-0.25, -0.2) is 4.68 Å². The molecule has 1 amide bonds. The topological polar surface area (TPSA) is 50.2 Å². The SMILES string of the molecule is CCN(CC)Cc1ccc(CNC(=O)c2ccc(-n3cc(C)cn3)cc2)cc1. The quantitative estimate of drug-likeness (QED) is 0.648. The third-order valence-corrected chi connectivity index (χ3v) is 4.88. The van der Waals surface area contributed by atoms with Gasteiger partial charge in [0, 0.05) is 24.8 Å². The van der Waals surface area contributed by atoms with E-state index in [0.717, 1.165) is 36.4 Å². The van der Waals surface area contributed by atoms with Crippen molar-refractivity contribution in [2.45, 2.75) is 33.9 Å². The number of amides is 1. The lowest BCUT2D eigenvalue weighted by atomic mass is 10.1. The molecule has 3 aromatic rings. The van der Waals surface area contributed by atoms with Crippen LogP contribution in [0.4, 0.5) is 0 Å². The second-order valence-electron chi connectivity index (χ2n) is 6.97. The van der Waals surface area contributed by atoms with Crippen LogP contribution < -0.4 is 5.32 Å². The largest absolute Gasteiger partial charge is 0.348 e. The van der Waals surface area contributed by atoms with Gasteiger partial charge in [0.15, 0.2) is 0 Å². The number of nitrogens with one attached hydrogen (secondary N) is 1. The fourth-order valence-electron chi connectivity index (χ4n) is 3.07. The van der Waals surface area contributed by atoms with Crippen LogP contribution in [0.3, 0.4) is 0 Å². The van der Waals surface area contributed by atoms with E-state index in [4.69, 9.17) is 0 Å². The molecule has 0 bridgehead atoms. The molecule has 2 aromatic carbocycles. The molecule has 0 saturated carbocycles. The first-order valence-electron chi connectivity index (χ1n) is 9.79. The van der Waals surface area contributed by atoms with Crippen molar-refractivity contribution < 1.29 is 4.79 Å². The number of benzene rings is 2. The maximum atomic E-state index is 12.4. The fourth-order valence-corrected chi connectivity index (χ4v) is 3.07. The normalized spacial score (nSPS) is 11.0. The molecule has 0 spiro atoms. The van der Waals surface area contributed by atoms with E-state index < -0.39 is 0 Å².